The van der Waals surface area contributed by atoms with E-state index in [0.29, 0.717) is 0 Å². The molecule has 0 amide bonds. The van der Waals surface area contributed by atoms with Crippen molar-refractivity contribution in [2.75, 3.05) is 25.1 Å². The Morgan fingerprint density at radius 3 is 2.35 bits per heavy atom. The molecule has 0 aromatic heterocycles. The number of nitrogens with zero attached hydrogens (tertiary/aromatic N) is 1. The average Bonchev–Trinajstić information content (AvgIpc) is 2.39. The summed E-state index contributed by atoms with van der Waals surface area (Å²) in [5, 5.41) is 8.93. The third-order valence-corrected chi connectivity index (χ3v) is 3.28. The van der Waals surface area contributed by atoms with Crippen molar-refractivity contribution in [2.24, 2.45) is 5.92 Å². The molecule has 1 aromatic rings. The molecule has 2 rings (SSSR count). The van der Waals surface area contributed by atoms with Crippen LogP contribution >= 0.6 is 0 Å². The van der Waals surface area contributed by atoms with Crippen molar-refractivity contribution >= 4 is 11.7 Å². The molecule has 0 saturated carbocycles. The number of ether oxygens (including phenoxy) is 1. The van der Waals surface area contributed by atoms with Crippen LogP contribution in [0.1, 0.15) is 12.8 Å². The molecule has 0 spiro atoms. The molecule has 0 unspecified atom stereocenters. The molecule has 1 aromatic carbocycles. The first kappa shape index (κ1) is 11.8. The van der Waals surface area contributed by atoms with E-state index in [-0.39, 0.29) is 5.92 Å². The lowest BCUT2D eigenvalue weighted by Crippen LogP contribution is -2.36. The highest BCUT2D eigenvalue weighted by Gasteiger charge is 2.24. The van der Waals surface area contributed by atoms with Gasteiger partial charge in [-0.1, -0.05) is 0 Å². The average molecular weight is 235 g/mol. The number of anilines is 1. The Morgan fingerprint density at radius 2 is 1.88 bits per heavy atom. The number of piperidine rings is 1. The summed E-state index contributed by atoms with van der Waals surface area (Å²) in [6.07, 6.45) is 1.45. The van der Waals surface area contributed by atoms with Gasteiger partial charge in [0.05, 0.1) is 13.0 Å². The van der Waals surface area contributed by atoms with E-state index in [4.69, 9.17) is 9.84 Å². The van der Waals surface area contributed by atoms with Gasteiger partial charge in [-0.05, 0) is 37.1 Å². The molecule has 0 bridgehead atoms. The molecule has 0 atom stereocenters. The molecule has 92 valence electrons. The maximum atomic E-state index is 10.8. The van der Waals surface area contributed by atoms with Crippen molar-refractivity contribution in [1.29, 1.82) is 0 Å². The van der Waals surface area contributed by atoms with E-state index in [0.717, 1.165) is 37.4 Å². The van der Waals surface area contributed by atoms with Gasteiger partial charge >= 0.3 is 5.97 Å². The number of carboxylic acid groups (broad SMARTS) is 1. The van der Waals surface area contributed by atoms with Crippen molar-refractivity contribution in [1.82, 2.24) is 0 Å². The molecule has 0 aliphatic carbocycles. The van der Waals surface area contributed by atoms with Crippen LogP contribution in [-0.4, -0.2) is 31.3 Å². The molecule has 0 radical (unpaired) electrons. The standard InChI is InChI=1S/C13H17NO3/c1-17-12-4-2-11(3-5-12)14-8-6-10(7-9-14)13(15)16/h2-5,10H,6-9H2,1H3,(H,15,16). The molecule has 4 heteroatoms. The van der Waals surface area contributed by atoms with Gasteiger partial charge in [-0.3, -0.25) is 4.79 Å². The molecule has 17 heavy (non-hydrogen) atoms. The Morgan fingerprint density at radius 1 is 1.29 bits per heavy atom. The minimum Gasteiger partial charge on any atom is -0.497 e. The lowest BCUT2D eigenvalue weighted by atomic mass is 9.97. The van der Waals surface area contributed by atoms with Gasteiger partial charge in [0.1, 0.15) is 5.75 Å². The van der Waals surface area contributed by atoms with E-state index in [1.54, 1.807) is 7.11 Å². The van der Waals surface area contributed by atoms with Crippen LogP contribution in [0.3, 0.4) is 0 Å². The monoisotopic (exact) mass is 235 g/mol. The van der Waals surface area contributed by atoms with Gasteiger partial charge in [-0.2, -0.15) is 0 Å². The zero-order valence-electron chi connectivity index (χ0n) is 9.93. The van der Waals surface area contributed by atoms with Gasteiger partial charge < -0.3 is 14.7 Å². The molecular weight excluding hydrogens is 218 g/mol. The van der Waals surface area contributed by atoms with Gasteiger partial charge in [0.25, 0.3) is 0 Å². The van der Waals surface area contributed by atoms with E-state index in [2.05, 4.69) is 4.90 Å². The highest BCUT2D eigenvalue weighted by atomic mass is 16.5. The number of hydrogen-bond donors (Lipinski definition) is 1. The van der Waals surface area contributed by atoms with Crippen LogP contribution in [0.15, 0.2) is 24.3 Å². The van der Waals surface area contributed by atoms with Gasteiger partial charge in [0.2, 0.25) is 0 Å². The van der Waals surface area contributed by atoms with Crippen molar-refractivity contribution in [3.8, 4) is 5.75 Å². The summed E-state index contributed by atoms with van der Waals surface area (Å²) in [6.45, 7) is 1.62. The second kappa shape index (κ2) is 5.08. The lowest BCUT2D eigenvalue weighted by Gasteiger charge is -2.31. The zero-order valence-corrected chi connectivity index (χ0v) is 9.93. The van der Waals surface area contributed by atoms with Gasteiger partial charge in [-0.15, -0.1) is 0 Å². The van der Waals surface area contributed by atoms with Crippen molar-refractivity contribution in [2.45, 2.75) is 12.8 Å². The number of rotatable bonds is 3. The lowest BCUT2D eigenvalue weighted by molar-refractivity contribution is -0.142. The topological polar surface area (TPSA) is 49.8 Å². The molecule has 1 saturated heterocycles. The normalized spacial score (nSPS) is 16.9. The predicted molar refractivity (Wildman–Crippen MR) is 65.6 cm³/mol. The zero-order chi connectivity index (χ0) is 12.3. The number of carboxylic acids is 1. The number of methoxy groups -OCH3 is 1. The maximum absolute atomic E-state index is 10.8. The molecule has 1 fully saturated rings. The van der Waals surface area contributed by atoms with Gasteiger partial charge in [-0.25, -0.2) is 0 Å². The van der Waals surface area contributed by atoms with Crippen molar-refractivity contribution < 1.29 is 14.6 Å². The first-order valence-corrected chi connectivity index (χ1v) is 5.82. The third kappa shape index (κ3) is 2.70. The maximum Gasteiger partial charge on any atom is 0.306 e. The van der Waals surface area contributed by atoms with E-state index < -0.39 is 5.97 Å². The van der Waals surface area contributed by atoms with Crippen LogP contribution < -0.4 is 9.64 Å². The van der Waals surface area contributed by atoms with Crippen LogP contribution in [0.2, 0.25) is 0 Å². The van der Waals surface area contributed by atoms with Crippen molar-refractivity contribution in [3.05, 3.63) is 24.3 Å². The number of carbonyl (C=O) groups is 1. The molecule has 1 heterocycles. The fourth-order valence-electron chi connectivity index (χ4n) is 2.18. The van der Waals surface area contributed by atoms with Crippen LogP contribution in [0.4, 0.5) is 5.69 Å². The summed E-state index contributed by atoms with van der Waals surface area (Å²) in [5.41, 5.74) is 1.13. The number of benzene rings is 1. The van der Waals surface area contributed by atoms with Gasteiger partial charge in [0, 0.05) is 18.8 Å². The Labute approximate surface area is 101 Å². The van der Waals surface area contributed by atoms with E-state index >= 15 is 0 Å². The molecule has 1 aliphatic rings. The van der Waals surface area contributed by atoms with Crippen molar-refractivity contribution in [3.63, 3.8) is 0 Å². The number of hydrogen-bond acceptors (Lipinski definition) is 3. The summed E-state index contributed by atoms with van der Waals surface area (Å²) in [5.74, 6) is -0.00180. The summed E-state index contributed by atoms with van der Waals surface area (Å²) in [6, 6.07) is 7.89. The molecule has 1 aliphatic heterocycles. The summed E-state index contributed by atoms with van der Waals surface area (Å²) >= 11 is 0. The Balaban J connectivity index is 1.97. The predicted octanol–water partition coefficient (Wildman–Crippen LogP) is 2.00. The van der Waals surface area contributed by atoms with Crippen LogP contribution in [-0.2, 0) is 4.79 Å². The second-order valence-electron chi connectivity index (χ2n) is 4.30. The Bertz CT molecular complexity index is 380. The minimum absolute atomic E-state index is 0.176. The highest BCUT2D eigenvalue weighted by Crippen LogP contribution is 2.25. The Hall–Kier alpha value is -1.71. The van der Waals surface area contributed by atoms with Crippen LogP contribution in [0.25, 0.3) is 0 Å². The van der Waals surface area contributed by atoms with E-state index in [9.17, 15) is 4.79 Å². The fraction of sp³-hybridized carbons (Fsp3) is 0.462. The second-order valence-corrected chi connectivity index (χ2v) is 4.30. The first-order valence-electron chi connectivity index (χ1n) is 5.82. The van der Waals surface area contributed by atoms with E-state index in [1.165, 1.54) is 0 Å². The first-order chi connectivity index (χ1) is 8.20. The highest BCUT2D eigenvalue weighted by molar-refractivity contribution is 5.70. The number of aliphatic carboxylic acids is 1. The minimum atomic E-state index is -0.667. The summed E-state index contributed by atoms with van der Waals surface area (Å²) in [4.78, 5) is 13.1. The molecule has 1 N–H and O–H groups in total. The fourth-order valence-corrected chi connectivity index (χ4v) is 2.18. The van der Waals surface area contributed by atoms with Gasteiger partial charge in [0.15, 0.2) is 0 Å². The summed E-state index contributed by atoms with van der Waals surface area (Å²) in [7, 11) is 1.65. The summed E-state index contributed by atoms with van der Waals surface area (Å²) < 4.78 is 5.11. The Kier molecular flexibility index (Phi) is 3.52. The SMILES string of the molecule is COc1ccc(N2CCC(C(=O)O)CC2)cc1. The quantitative estimate of drug-likeness (QED) is 0.870. The largest absolute Gasteiger partial charge is 0.497 e. The smallest absolute Gasteiger partial charge is 0.306 e. The molecular formula is C13H17NO3. The van der Waals surface area contributed by atoms with E-state index in [1.807, 2.05) is 24.3 Å². The van der Waals surface area contributed by atoms with Crippen LogP contribution in [0, 0.1) is 5.92 Å². The molecule has 4 nitrogen and oxygen atoms in total. The van der Waals surface area contributed by atoms with Crippen LogP contribution in [0.5, 0.6) is 5.75 Å². The third-order valence-electron chi connectivity index (χ3n) is 3.28.